The molecule has 7 aliphatic heterocycles. The molecular formula is C77H91Cl2N7O28. The van der Waals surface area contributed by atoms with Crippen molar-refractivity contribution >= 4 is 82.5 Å². The summed E-state index contributed by atoms with van der Waals surface area (Å²) in [5, 5.41) is 130. The highest BCUT2D eigenvalue weighted by molar-refractivity contribution is 6.32. The number of carboxylic acid groups (broad SMARTS) is 1. The van der Waals surface area contributed by atoms with E-state index in [9.17, 15) is 79.8 Å². The van der Waals surface area contributed by atoms with Crippen LogP contribution in [-0.2, 0) is 62.0 Å². The second-order valence-corrected chi connectivity index (χ2v) is 32.0. The average Bonchev–Trinajstić information content (AvgIpc) is 0.763. The maximum absolute atomic E-state index is 16.3. The molecule has 0 spiro atoms. The van der Waals surface area contributed by atoms with Crippen molar-refractivity contribution < 1.29 is 137 Å². The highest BCUT2D eigenvalue weighted by atomic mass is 35.5. The Kier molecular flexibility index (Phi) is 26.1. The Morgan fingerprint density at radius 1 is 0.693 bits per heavy atom. The maximum Gasteiger partial charge on any atom is 0.408 e. The van der Waals surface area contributed by atoms with E-state index in [1.54, 1.807) is 55.4 Å². The number of primary amides is 1. The van der Waals surface area contributed by atoms with Crippen LogP contribution in [0.1, 0.15) is 159 Å². The van der Waals surface area contributed by atoms with Gasteiger partial charge in [-0.2, -0.15) is 0 Å². The first-order chi connectivity index (χ1) is 53.3. The topological polar surface area (TPSA) is 545 Å². The number of nitrogens with one attached hydrogen (secondary N) is 6. The predicted octanol–water partition coefficient (Wildman–Crippen LogP) is 4.95. The number of hydrogen-bond donors (Lipinski definition) is 17. The number of phenols is 3. The van der Waals surface area contributed by atoms with Gasteiger partial charge in [-0.3, -0.25) is 33.6 Å². The van der Waals surface area contributed by atoms with E-state index in [2.05, 4.69) is 31.9 Å². The third kappa shape index (κ3) is 19.8. The minimum atomic E-state index is -2.29. The van der Waals surface area contributed by atoms with Crippen LogP contribution in [0.3, 0.4) is 0 Å². The number of ether oxygens (including phenoxy) is 8. The molecule has 7 aliphatic rings. The first-order valence-corrected chi connectivity index (χ1v) is 37.0. The van der Waals surface area contributed by atoms with Crippen molar-refractivity contribution in [3.63, 3.8) is 0 Å². The van der Waals surface area contributed by atoms with Gasteiger partial charge in [0.05, 0.1) is 40.1 Å². The molecule has 35 nitrogen and oxygen atoms in total. The monoisotopic (exact) mass is 1630 g/mol. The quantitative estimate of drug-likeness (QED) is 0.0699. The number of aliphatic carboxylic acids is 1. The molecule has 7 heterocycles. The number of aromatic hydroxyl groups is 3. The van der Waals surface area contributed by atoms with Crippen LogP contribution < -0.4 is 51.8 Å². The van der Waals surface area contributed by atoms with Gasteiger partial charge < -0.3 is 127 Å². The van der Waals surface area contributed by atoms with Gasteiger partial charge in [-0.1, -0.05) is 55.2 Å². The Morgan fingerprint density at radius 3 is 1.88 bits per heavy atom. The van der Waals surface area contributed by atoms with Crippen molar-refractivity contribution in [2.45, 2.75) is 216 Å². The molecule has 7 amide bonds. The number of hydrogen-bond acceptors (Lipinski definition) is 27. The molecule has 18 atom stereocenters. The molecule has 616 valence electrons. The second-order valence-electron chi connectivity index (χ2n) is 31.2. The van der Waals surface area contributed by atoms with Gasteiger partial charge >= 0.3 is 18.2 Å². The molecule has 114 heavy (non-hydrogen) atoms. The van der Waals surface area contributed by atoms with Gasteiger partial charge in [0, 0.05) is 48.4 Å². The molecule has 37 heteroatoms. The molecule has 2 saturated heterocycles. The summed E-state index contributed by atoms with van der Waals surface area (Å²) in [7, 11) is 0. The summed E-state index contributed by atoms with van der Waals surface area (Å²) < 4.78 is 49.9. The SMILES string of the molecule is CC(C)C[C@@H](NC(=O)OC(C)(C)C)C(=O)N[C@H]1C(=O)C[C@@H](CC(N)=O)C(=O)N[C@H]2C(=O)C[C@H]3C(=O)N[C@H](C(=O)N[C@H](C(=O)O)c4cc(O)cc(O)c4-c4cc3ccc4O)[C@H](O)c3ccc(c(Cl)c3)Oc3cc2cc(c3OC2OC(CO)C(O)C(O)C2OC2CC(C)(NC(=O)OC(C)(C)C)C(O)C(C)O2)Oc2ccc(cc2Cl)[C@H]1O. The Labute approximate surface area is 661 Å². The van der Waals surface area contributed by atoms with Crippen molar-refractivity contribution in [1.29, 1.82) is 0 Å². The summed E-state index contributed by atoms with van der Waals surface area (Å²) in [4.78, 5) is 146. The number of aliphatic hydroxyl groups excluding tert-OH is 6. The zero-order valence-electron chi connectivity index (χ0n) is 63.3. The lowest BCUT2D eigenvalue weighted by atomic mass is 9.84. The molecule has 0 saturated carbocycles. The van der Waals surface area contributed by atoms with Gasteiger partial charge in [-0.05, 0) is 145 Å². The number of halogens is 2. The minimum absolute atomic E-state index is 0.0800. The number of amides is 7. The Bertz CT molecular complexity index is 4570. The van der Waals surface area contributed by atoms with E-state index < -0.39 is 290 Å². The molecule has 12 rings (SSSR count). The molecular weight excluding hydrogens is 1540 g/mol. The van der Waals surface area contributed by atoms with Gasteiger partial charge in [-0.25, -0.2) is 14.4 Å². The number of aliphatic hydroxyl groups is 6. The maximum atomic E-state index is 16.3. The molecule has 18 N–H and O–H groups in total. The van der Waals surface area contributed by atoms with E-state index in [0.29, 0.717) is 0 Å². The largest absolute Gasteiger partial charge is 0.508 e. The summed E-state index contributed by atoms with van der Waals surface area (Å²) in [5.74, 6) is -20.1. The van der Waals surface area contributed by atoms with Crippen LogP contribution in [0.5, 0.6) is 46.0 Å². The zero-order chi connectivity index (χ0) is 83.8. The normalized spacial score (nSPS) is 27.7. The van der Waals surface area contributed by atoms with Crippen molar-refractivity contribution in [2.75, 3.05) is 6.61 Å². The third-order valence-electron chi connectivity index (χ3n) is 19.5. The van der Waals surface area contributed by atoms with Crippen LogP contribution in [0.2, 0.25) is 10.0 Å². The first kappa shape index (κ1) is 86.2. The number of rotatable bonds is 14. The number of fused-ring (bicyclic) bond motifs is 15. The minimum Gasteiger partial charge on any atom is -0.508 e. The molecule has 0 aromatic heterocycles. The van der Waals surface area contributed by atoms with Crippen molar-refractivity contribution in [3.8, 4) is 57.1 Å². The number of carboxylic acids is 1. The highest BCUT2D eigenvalue weighted by Crippen LogP contribution is 2.51. The average molecular weight is 1630 g/mol. The van der Waals surface area contributed by atoms with Crippen LogP contribution in [-0.4, -0.2) is 201 Å². The number of nitrogens with two attached hydrogens (primary N) is 1. The summed E-state index contributed by atoms with van der Waals surface area (Å²) >= 11 is 14.3. The lowest BCUT2D eigenvalue weighted by molar-refractivity contribution is -0.334. The fourth-order valence-electron chi connectivity index (χ4n) is 14.0. The van der Waals surface area contributed by atoms with Crippen LogP contribution in [0.25, 0.3) is 11.1 Å². The lowest BCUT2D eigenvalue weighted by Gasteiger charge is -2.48. The lowest BCUT2D eigenvalue weighted by Crippen LogP contribution is -2.66. The molecule has 0 radical (unpaired) electrons. The number of carbonyl (C=O) groups excluding carboxylic acids is 9. The fraction of sp³-hybridized carbons (Fsp3) is 0.481. The van der Waals surface area contributed by atoms with E-state index >= 15 is 19.2 Å². The number of ketones is 2. The van der Waals surface area contributed by atoms with E-state index in [1.807, 2.05) is 0 Å². The molecule has 5 aromatic rings. The van der Waals surface area contributed by atoms with Crippen molar-refractivity contribution in [3.05, 3.63) is 117 Å². The second kappa shape index (κ2) is 34.5. The molecule has 5 aromatic carbocycles. The van der Waals surface area contributed by atoms with Crippen molar-refractivity contribution in [2.24, 2.45) is 17.6 Å². The van der Waals surface area contributed by atoms with Crippen LogP contribution in [0.4, 0.5) is 9.59 Å². The zero-order valence-corrected chi connectivity index (χ0v) is 64.8. The van der Waals surface area contributed by atoms with E-state index in [4.69, 9.17) is 66.8 Å². The van der Waals surface area contributed by atoms with Crippen LogP contribution in [0, 0.1) is 11.8 Å². The highest BCUT2D eigenvalue weighted by Gasteiger charge is 2.53. The van der Waals surface area contributed by atoms with E-state index in [-0.39, 0.29) is 29.0 Å². The number of alkyl carbamates (subject to hydrolysis) is 2. The van der Waals surface area contributed by atoms with Gasteiger partial charge in [0.1, 0.15) is 101 Å². The Morgan fingerprint density at radius 2 is 1.30 bits per heavy atom. The number of phenolic OH excluding ortho intramolecular Hbond substituents is 3. The smallest absolute Gasteiger partial charge is 0.408 e. The summed E-state index contributed by atoms with van der Waals surface area (Å²) in [6.45, 7) is 14.8. The third-order valence-corrected chi connectivity index (χ3v) is 20.0. The number of carbonyl (C=O) groups is 10. The van der Waals surface area contributed by atoms with Gasteiger partial charge in [0.15, 0.2) is 41.5 Å². The first-order valence-electron chi connectivity index (χ1n) is 36.3. The summed E-state index contributed by atoms with van der Waals surface area (Å²) in [6, 6.07) is 3.21. The Hall–Kier alpha value is -10.2. The molecule has 0 aliphatic carbocycles. The summed E-state index contributed by atoms with van der Waals surface area (Å²) in [5.41, 5.74) is -0.660. The standard InChI is InChI=1S/C77H91Cl2N7O28/c1-30(2)17-43(81-73(105)113-75(4,5)6)69(101)84-58-46(91)21-36(24-53(80)93)67(99)82-56-35-22-50(108-48-15-12-33(60(58)94)19-41(48)78)64(112-72-65(63(97)62(96)52(29-87)110-72)111-54-28-77(10,66(98)31(3)107-54)86-74(106)114-76(7,8)9)51(23-35)109-49-16-13-34(20-42(49)79)61(95)59-70(102)83-57(71(103)104)40-25-37(88)26-45(90)55(40)39-18-32(11-14-44(39)89)38(27-47(56)92)68(100)85-59/h11-16,18-20,22-23,25-26,30-31,36,38,43,52,54,56-63,65-66,72,87-90,94-98H,17,21,24,27-29H2,1-10H3,(H2,80,93)(H,81,105)(H,82,99)(H,83,102)(H,84,101)(H,85,100)(H,86,106)(H,103,104)/t31?,36-,38+,43+,52?,54?,56+,57-,58-,59-,60+,61+,62?,63?,65?,66?,72?,77?/m0/s1. The fourth-order valence-corrected chi connectivity index (χ4v) is 14.4. The van der Waals surface area contributed by atoms with E-state index in [0.717, 1.165) is 72.8 Å². The van der Waals surface area contributed by atoms with Gasteiger partial charge in [0.2, 0.25) is 41.6 Å². The van der Waals surface area contributed by atoms with E-state index in [1.165, 1.54) is 19.9 Å². The van der Waals surface area contributed by atoms with Crippen molar-refractivity contribution in [1.82, 2.24) is 31.9 Å². The number of Topliss-reactive ketones (excluding diaryl/α,β-unsaturated/α-hetero) is 2. The van der Waals surface area contributed by atoms with Crippen LogP contribution in [0.15, 0.2) is 78.9 Å². The molecule has 9 unspecified atom stereocenters. The molecule has 2 fully saturated rings. The number of benzene rings is 5. The van der Waals surface area contributed by atoms with Gasteiger partial charge in [-0.15, -0.1) is 0 Å². The summed E-state index contributed by atoms with van der Waals surface area (Å²) in [6.07, 6.45) is -24.4. The predicted molar refractivity (Wildman–Crippen MR) is 397 cm³/mol. The Balaban J connectivity index is 1.22. The van der Waals surface area contributed by atoms with Gasteiger partial charge in [0.25, 0.3) is 0 Å². The van der Waals surface area contributed by atoms with Crippen LogP contribution >= 0.6 is 23.2 Å². The molecule has 11 bridgehead atoms.